The molecule has 1 saturated heterocycles. The molecule has 2 aromatic rings. The average Bonchev–Trinajstić information content (AvgIpc) is 3.15. The molecule has 0 spiro atoms. The van der Waals surface area contributed by atoms with Crippen LogP contribution in [0.5, 0.6) is 0 Å². The second-order valence-corrected chi connectivity index (χ2v) is 6.91. The molecule has 19 heavy (non-hydrogen) atoms. The average molecular weight is 275 g/mol. The highest BCUT2D eigenvalue weighted by molar-refractivity contribution is 7.15. The first-order valence-corrected chi connectivity index (χ1v) is 8.44. The van der Waals surface area contributed by atoms with E-state index in [9.17, 15) is 0 Å². The van der Waals surface area contributed by atoms with Crippen LogP contribution in [0.15, 0.2) is 17.9 Å². The van der Waals surface area contributed by atoms with E-state index < -0.39 is 0 Å². The number of fused-ring (bicyclic) bond motifs is 1. The molecule has 3 heterocycles. The van der Waals surface area contributed by atoms with Crippen LogP contribution in [-0.4, -0.2) is 33.4 Å². The molecule has 0 N–H and O–H groups in total. The lowest BCUT2D eigenvalue weighted by atomic mass is 9.94. The monoisotopic (exact) mass is 275 g/mol. The Bertz CT molecular complexity index is 552. The van der Waals surface area contributed by atoms with Crippen LogP contribution in [-0.2, 0) is 0 Å². The molecule has 2 fully saturated rings. The Labute approximate surface area is 118 Å². The van der Waals surface area contributed by atoms with Gasteiger partial charge in [0.25, 0.3) is 0 Å². The van der Waals surface area contributed by atoms with E-state index in [2.05, 4.69) is 25.9 Å². The maximum atomic E-state index is 4.66. The molecule has 4 heteroatoms. The fourth-order valence-electron chi connectivity index (χ4n) is 3.82. The van der Waals surface area contributed by atoms with Crippen molar-refractivity contribution in [1.29, 1.82) is 0 Å². The summed E-state index contributed by atoms with van der Waals surface area (Å²) in [6.07, 6.45) is 12.5. The number of hydrogen-bond donors (Lipinski definition) is 0. The topological polar surface area (TPSA) is 20.5 Å². The van der Waals surface area contributed by atoms with Gasteiger partial charge in [-0.3, -0.25) is 9.30 Å². The lowest BCUT2D eigenvalue weighted by Gasteiger charge is -2.30. The molecular formula is C15H21N3S. The van der Waals surface area contributed by atoms with E-state index in [1.807, 2.05) is 17.7 Å². The standard InChI is InChI=1S/C15H21N3S/c1-2-4-13(5-3-1)17-7-6-12(10-17)14-15-18(11-16-14)8-9-19-15/h8-9,11-13H,1-7,10H2/t12-/m0/s1. The number of aromatic nitrogens is 2. The van der Waals surface area contributed by atoms with E-state index in [0.717, 1.165) is 6.04 Å². The van der Waals surface area contributed by atoms with E-state index >= 15 is 0 Å². The predicted octanol–water partition coefficient (Wildman–Crippen LogP) is 3.52. The van der Waals surface area contributed by atoms with Gasteiger partial charge in [0.15, 0.2) is 0 Å². The van der Waals surface area contributed by atoms with Gasteiger partial charge in [-0.05, 0) is 25.8 Å². The molecule has 4 rings (SSSR count). The number of nitrogens with zero attached hydrogens (tertiary/aromatic N) is 3. The van der Waals surface area contributed by atoms with Gasteiger partial charge in [0, 0.05) is 30.1 Å². The van der Waals surface area contributed by atoms with Gasteiger partial charge < -0.3 is 0 Å². The molecule has 1 aliphatic carbocycles. The summed E-state index contributed by atoms with van der Waals surface area (Å²) in [6, 6.07) is 0.861. The Kier molecular flexibility index (Phi) is 3.08. The lowest BCUT2D eigenvalue weighted by Crippen LogP contribution is -2.34. The molecule has 0 amide bonds. The first-order valence-electron chi connectivity index (χ1n) is 7.56. The van der Waals surface area contributed by atoms with Crippen LogP contribution in [0.3, 0.4) is 0 Å². The van der Waals surface area contributed by atoms with Crippen molar-refractivity contribution in [2.24, 2.45) is 0 Å². The van der Waals surface area contributed by atoms with Crippen LogP contribution in [0, 0.1) is 0 Å². The summed E-state index contributed by atoms with van der Waals surface area (Å²) in [5.74, 6) is 0.658. The zero-order valence-electron chi connectivity index (χ0n) is 11.3. The minimum absolute atomic E-state index is 0.658. The molecule has 102 valence electrons. The summed E-state index contributed by atoms with van der Waals surface area (Å²) in [7, 11) is 0. The Morgan fingerprint density at radius 1 is 1.16 bits per heavy atom. The van der Waals surface area contributed by atoms with Crippen molar-refractivity contribution in [1.82, 2.24) is 14.3 Å². The van der Waals surface area contributed by atoms with E-state index in [1.54, 1.807) is 0 Å². The van der Waals surface area contributed by atoms with Crippen LogP contribution >= 0.6 is 11.3 Å². The van der Waals surface area contributed by atoms with E-state index in [4.69, 9.17) is 0 Å². The summed E-state index contributed by atoms with van der Waals surface area (Å²) in [6.45, 7) is 2.51. The Hall–Kier alpha value is -0.870. The smallest absolute Gasteiger partial charge is 0.123 e. The first kappa shape index (κ1) is 11.9. The minimum atomic E-state index is 0.658. The second-order valence-electron chi connectivity index (χ2n) is 6.02. The summed E-state index contributed by atoms with van der Waals surface area (Å²) in [5, 5.41) is 2.16. The lowest BCUT2D eigenvalue weighted by molar-refractivity contribution is 0.189. The summed E-state index contributed by atoms with van der Waals surface area (Å²) < 4.78 is 2.17. The van der Waals surface area contributed by atoms with Crippen molar-refractivity contribution < 1.29 is 0 Å². The molecule has 0 aromatic carbocycles. The Balaban J connectivity index is 1.51. The zero-order valence-corrected chi connectivity index (χ0v) is 12.1. The largest absolute Gasteiger partial charge is 0.300 e. The van der Waals surface area contributed by atoms with Crippen molar-refractivity contribution in [3.63, 3.8) is 0 Å². The third kappa shape index (κ3) is 2.11. The van der Waals surface area contributed by atoms with Gasteiger partial charge in [0.1, 0.15) is 11.2 Å². The third-order valence-corrected chi connectivity index (χ3v) is 5.77. The maximum absolute atomic E-state index is 4.66. The predicted molar refractivity (Wildman–Crippen MR) is 78.9 cm³/mol. The highest BCUT2D eigenvalue weighted by Gasteiger charge is 2.31. The molecule has 1 saturated carbocycles. The van der Waals surface area contributed by atoms with Gasteiger partial charge in [0.2, 0.25) is 0 Å². The second kappa shape index (κ2) is 4.91. The highest BCUT2D eigenvalue weighted by atomic mass is 32.1. The van der Waals surface area contributed by atoms with Crippen molar-refractivity contribution in [3.8, 4) is 0 Å². The molecule has 0 unspecified atom stereocenters. The molecule has 1 atom stereocenters. The van der Waals surface area contributed by atoms with Crippen LogP contribution < -0.4 is 0 Å². The molecule has 2 aliphatic rings. The first-order chi connectivity index (χ1) is 9.42. The van der Waals surface area contributed by atoms with E-state index in [1.165, 1.54) is 62.1 Å². The van der Waals surface area contributed by atoms with Gasteiger partial charge in [-0.25, -0.2) is 4.98 Å². The maximum Gasteiger partial charge on any atom is 0.123 e. The van der Waals surface area contributed by atoms with Crippen LogP contribution in [0.2, 0.25) is 0 Å². The van der Waals surface area contributed by atoms with Gasteiger partial charge >= 0.3 is 0 Å². The van der Waals surface area contributed by atoms with Crippen molar-refractivity contribution in [2.45, 2.75) is 50.5 Å². The number of imidazole rings is 1. The summed E-state index contributed by atoms with van der Waals surface area (Å²) in [4.78, 5) is 8.76. The van der Waals surface area contributed by atoms with E-state index in [0.29, 0.717) is 5.92 Å². The van der Waals surface area contributed by atoms with Crippen molar-refractivity contribution in [3.05, 3.63) is 23.6 Å². The minimum Gasteiger partial charge on any atom is -0.300 e. The number of likely N-dealkylation sites (tertiary alicyclic amines) is 1. The van der Waals surface area contributed by atoms with Crippen LogP contribution in [0.1, 0.15) is 50.1 Å². The normalized spacial score (nSPS) is 26.4. The number of rotatable bonds is 2. The third-order valence-electron chi connectivity index (χ3n) is 4.87. The Morgan fingerprint density at radius 2 is 2.05 bits per heavy atom. The van der Waals surface area contributed by atoms with Gasteiger partial charge in [0.05, 0.1) is 5.69 Å². The molecule has 3 nitrogen and oxygen atoms in total. The number of thiazole rings is 1. The fourth-order valence-corrected chi connectivity index (χ4v) is 4.71. The van der Waals surface area contributed by atoms with Crippen LogP contribution in [0.4, 0.5) is 0 Å². The Morgan fingerprint density at radius 3 is 2.95 bits per heavy atom. The molecule has 1 aliphatic heterocycles. The van der Waals surface area contributed by atoms with Gasteiger partial charge in [-0.1, -0.05) is 19.3 Å². The zero-order chi connectivity index (χ0) is 12.7. The van der Waals surface area contributed by atoms with E-state index in [-0.39, 0.29) is 0 Å². The van der Waals surface area contributed by atoms with Gasteiger partial charge in [-0.15, -0.1) is 11.3 Å². The van der Waals surface area contributed by atoms with Crippen LogP contribution in [0.25, 0.3) is 4.83 Å². The fraction of sp³-hybridized carbons (Fsp3) is 0.667. The van der Waals surface area contributed by atoms with Gasteiger partial charge in [-0.2, -0.15) is 0 Å². The summed E-state index contributed by atoms with van der Waals surface area (Å²) >= 11 is 1.83. The molecule has 2 aromatic heterocycles. The SMILES string of the molecule is c1cn2cnc([C@H]3CCN(C4CCCCC4)C3)c2s1. The quantitative estimate of drug-likeness (QED) is 0.836. The molecule has 0 bridgehead atoms. The van der Waals surface area contributed by atoms with Crippen molar-refractivity contribution in [2.75, 3.05) is 13.1 Å². The molecule has 0 radical (unpaired) electrons. The number of hydrogen-bond acceptors (Lipinski definition) is 3. The molecular weight excluding hydrogens is 254 g/mol. The summed E-state index contributed by atoms with van der Waals surface area (Å²) in [5.41, 5.74) is 1.34. The van der Waals surface area contributed by atoms with Crippen molar-refractivity contribution >= 4 is 16.2 Å². The highest BCUT2D eigenvalue weighted by Crippen LogP contribution is 2.34.